The maximum atomic E-state index is 3.83. The lowest BCUT2D eigenvalue weighted by Gasteiger charge is -2.35. The van der Waals surface area contributed by atoms with Crippen LogP contribution in [0.1, 0.15) is 22.3 Å². The predicted octanol–water partition coefficient (Wildman–Crippen LogP) is 13.2. The van der Waals surface area contributed by atoms with Crippen molar-refractivity contribution in [2.75, 3.05) is 0 Å². The SMILES string of the molecule is Brc1ccccc1-c1ccccc1-c1ccc2c3ccccc3n(-c3cccc4c3C(c3ccccc3)(c3ccccc3)c3ccccc3-4)c2c1. The van der Waals surface area contributed by atoms with Gasteiger partial charge in [0.1, 0.15) is 0 Å². The summed E-state index contributed by atoms with van der Waals surface area (Å²) >= 11 is 3.83. The van der Waals surface area contributed by atoms with E-state index in [1.807, 2.05) is 0 Å². The van der Waals surface area contributed by atoms with Gasteiger partial charge >= 0.3 is 0 Å². The molecule has 2 heteroatoms. The van der Waals surface area contributed by atoms with Crippen LogP contribution in [0.25, 0.3) is 60.9 Å². The second-order valence-electron chi connectivity index (χ2n) is 13.3. The Labute approximate surface area is 306 Å². The highest BCUT2D eigenvalue weighted by Crippen LogP contribution is 2.58. The number of fused-ring (bicyclic) bond motifs is 6. The van der Waals surface area contributed by atoms with E-state index in [2.05, 4.69) is 215 Å². The monoisotopic (exact) mass is 713 g/mol. The van der Waals surface area contributed by atoms with Crippen LogP contribution < -0.4 is 0 Å². The molecular weight excluding hydrogens is 682 g/mol. The van der Waals surface area contributed by atoms with Crippen LogP contribution in [0.4, 0.5) is 0 Å². The van der Waals surface area contributed by atoms with E-state index in [9.17, 15) is 0 Å². The molecule has 0 spiro atoms. The lowest BCUT2D eigenvalue weighted by atomic mass is 9.67. The molecule has 1 aromatic heterocycles. The molecule has 0 radical (unpaired) electrons. The molecule has 1 heterocycles. The Bertz CT molecular complexity index is 2720. The van der Waals surface area contributed by atoms with Crippen LogP contribution in [0.15, 0.2) is 199 Å². The normalized spacial score (nSPS) is 13.0. The van der Waals surface area contributed by atoms with Gasteiger partial charge in [-0.3, -0.25) is 0 Å². The minimum absolute atomic E-state index is 0.521. The van der Waals surface area contributed by atoms with Gasteiger partial charge in [0.2, 0.25) is 0 Å². The summed E-state index contributed by atoms with van der Waals surface area (Å²) in [6.07, 6.45) is 0. The summed E-state index contributed by atoms with van der Waals surface area (Å²) in [7, 11) is 0. The van der Waals surface area contributed by atoms with Crippen molar-refractivity contribution in [3.63, 3.8) is 0 Å². The zero-order valence-corrected chi connectivity index (χ0v) is 29.4. The number of para-hydroxylation sites is 1. The Morgan fingerprint density at radius 2 is 0.961 bits per heavy atom. The molecule has 0 fully saturated rings. The van der Waals surface area contributed by atoms with E-state index < -0.39 is 5.41 Å². The van der Waals surface area contributed by atoms with Gasteiger partial charge in [0.15, 0.2) is 0 Å². The maximum absolute atomic E-state index is 3.83. The third-order valence-electron chi connectivity index (χ3n) is 10.8. The van der Waals surface area contributed by atoms with Gasteiger partial charge in [-0.1, -0.05) is 186 Å². The van der Waals surface area contributed by atoms with Crippen molar-refractivity contribution in [1.82, 2.24) is 4.57 Å². The van der Waals surface area contributed by atoms with Gasteiger partial charge in [-0.25, -0.2) is 0 Å². The summed E-state index contributed by atoms with van der Waals surface area (Å²) in [4.78, 5) is 0. The first-order chi connectivity index (χ1) is 25.2. The fourth-order valence-corrected chi connectivity index (χ4v) is 9.21. The van der Waals surface area contributed by atoms with E-state index in [0.29, 0.717) is 0 Å². The summed E-state index contributed by atoms with van der Waals surface area (Å²) in [5.41, 5.74) is 15.5. The number of nitrogens with zero attached hydrogens (tertiary/aromatic N) is 1. The van der Waals surface area contributed by atoms with E-state index in [-0.39, 0.29) is 0 Å². The van der Waals surface area contributed by atoms with Crippen molar-refractivity contribution in [2.24, 2.45) is 0 Å². The summed E-state index contributed by atoms with van der Waals surface area (Å²) in [6, 6.07) is 71.2. The summed E-state index contributed by atoms with van der Waals surface area (Å²) in [6.45, 7) is 0. The van der Waals surface area contributed by atoms with Crippen molar-refractivity contribution >= 4 is 37.7 Å². The van der Waals surface area contributed by atoms with Crippen molar-refractivity contribution in [3.05, 3.63) is 221 Å². The molecule has 8 aromatic carbocycles. The fourth-order valence-electron chi connectivity index (χ4n) is 8.71. The molecule has 0 atom stereocenters. The van der Waals surface area contributed by atoms with Crippen LogP contribution in [0, 0.1) is 0 Å². The number of halogens is 1. The molecule has 0 amide bonds. The molecule has 0 bridgehead atoms. The lowest BCUT2D eigenvalue weighted by molar-refractivity contribution is 0.762. The van der Waals surface area contributed by atoms with E-state index in [1.54, 1.807) is 0 Å². The molecule has 9 aromatic rings. The largest absolute Gasteiger partial charge is 0.309 e. The highest BCUT2D eigenvalue weighted by atomic mass is 79.9. The number of hydrogen-bond donors (Lipinski definition) is 0. The standard InChI is InChI=1S/C49H32BrN/c50-44-27-13-10-23-39(44)37-21-8-7-20-36(37)33-30-31-41-40-24-11-14-28-45(40)51(47(41)32-33)46-29-15-25-42-38-22-9-12-26-43(38)49(48(42)46,34-16-3-1-4-17-34)35-18-5-2-6-19-35/h1-32H. The molecule has 240 valence electrons. The molecule has 10 rings (SSSR count). The molecule has 1 aliphatic carbocycles. The Morgan fingerprint density at radius 1 is 0.392 bits per heavy atom. The topological polar surface area (TPSA) is 4.93 Å². The van der Waals surface area contributed by atoms with Gasteiger partial charge in [0.05, 0.1) is 22.1 Å². The van der Waals surface area contributed by atoms with Gasteiger partial charge in [-0.05, 0) is 74.3 Å². The molecule has 0 N–H and O–H groups in total. The quantitative estimate of drug-likeness (QED) is 0.167. The highest BCUT2D eigenvalue weighted by molar-refractivity contribution is 9.10. The maximum Gasteiger partial charge on any atom is 0.0734 e. The van der Waals surface area contributed by atoms with Gasteiger partial charge in [-0.2, -0.15) is 0 Å². The van der Waals surface area contributed by atoms with Crippen molar-refractivity contribution in [3.8, 4) is 39.1 Å². The number of hydrogen-bond acceptors (Lipinski definition) is 0. The Balaban J connectivity index is 1.32. The van der Waals surface area contributed by atoms with Crippen LogP contribution in [-0.2, 0) is 5.41 Å². The second kappa shape index (κ2) is 11.8. The lowest BCUT2D eigenvalue weighted by Crippen LogP contribution is -2.29. The molecule has 1 nitrogen and oxygen atoms in total. The zero-order chi connectivity index (χ0) is 33.9. The van der Waals surface area contributed by atoms with E-state index in [4.69, 9.17) is 0 Å². The third-order valence-corrected chi connectivity index (χ3v) is 11.5. The van der Waals surface area contributed by atoms with E-state index in [0.717, 1.165) is 4.47 Å². The third kappa shape index (κ3) is 4.40. The van der Waals surface area contributed by atoms with Gasteiger partial charge in [-0.15, -0.1) is 0 Å². The minimum atomic E-state index is -0.521. The van der Waals surface area contributed by atoms with Crippen LogP contribution in [0.3, 0.4) is 0 Å². The minimum Gasteiger partial charge on any atom is -0.309 e. The summed E-state index contributed by atoms with van der Waals surface area (Å²) in [5.74, 6) is 0. The average Bonchev–Trinajstić information content (AvgIpc) is 3.69. The number of benzene rings is 8. The molecular formula is C49H32BrN. The first-order valence-electron chi connectivity index (χ1n) is 17.5. The van der Waals surface area contributed by atoms with Crippen LogP contribution in [0.2, 0.25) is 0 Å². The average molecular weight is 715 g/mol. The summed E-state index contributed by atoms with van der Waals surface area (Å²) < 4.78 is 3.62. The predicted molar refractivity (Wildman–Crippen MR) is 217 cm³/mol. The number of rotatable bonds is 5. The van der Waals surface area contributed by atoms with Gasteiger partial charge in [0, 0.05) is 20.8 Å². The molecule has 0 saturated heterocycles. The first-order valence-corrected chi connectivity index (χ1v) is 18.3. The van der Waals surface area contributed by atoms with E-state index >= 15 is 0 Å². The van der Waals surface area contributed by atoms with Crippen LogP contribution in [-0.4, -0.2) is 4.57 Å². The van der Waals surface area contributed by atoms with Crippen LogP contribution >= 0.6 is 15.9 Å². The van der Waals surface area contributed by atoms with Crippen LogP contribution in [0.5, 0.6) is 0 Å². The fraction of sp³-hybridized carbons (Fsp3) is 0.0204. The first kappa shape index (κ1) is 29.9. The van der Waals surface area contributed by atoms with Crippen molar-refractivity contribution in [2.45, 2.75) is 5.41 Å². The Morgan fingerprint density at radius 3 is 1.71 bits per heavy atom. The van der Waals surface area contributed by atoms with Gasteiger partial charge in [0.25, 0.3) is 0 Å². The molecule has 0 saturated carbocycles. The van der Waals surface area contributed by atoms with Gasteiger partial charge < -0.3 is 4.57 Å². The molecule has 1 aliphatic rings. The highest BCUT2D eigenvalue weighted by Gasteiger charge is 2.47. The van der Waals surface area contributed by atoms with E-state index in [1.165, 1.54) is 83.1 Å². The second-order valence-corrected chi connectivity index (χ2v) is 14.2. The van der Waals surface area contributed by atoms with Crippen molar-refractivity contribution < 1.29 is 0 Å². The molecule has 0 aliphatic heterocycles. The smallest absolute Gasteiger partial charge is 0.0734 e. The molecule has 0 unspecified atom stereocenters. The summed E-state index contributed by atoms with van der Waals surface area (Å²) in [5, 5.41) is 2.49. The molecule has 51 heavy (non-hydrogen) atoms. The number of aromatic nitrogens is 1. The zero-order valence-electron chi connectivity index (χ0n) is 27.8. The van der Waals surface area contributed by atoms with Crippen molar-refractivity contribution in [1.29, 1.82) is 0 Å². The Hall–Kier alpha value is -5.96. The Kier molecular flexibility index (Phi) is 6.94.